The van der Waals surface area contributed by atoms with Gasteiger partial charge < -0.3 is 10.1 Å². The maximum absolute atomic E-state index is 5.58. The van der Waals surface area contributed by atoms with E-state index in [1.807, 2.05) is 0 Å². The molecule has 2 heterocycles. The molecule has 1 aliphatic heterocycles. The number of hydrogen-bond donors (Lipinski definition) is 1. The lowest BCUT2D eigenvalue weighted by atomic mass is 9.76. The van der Waals surface area contributed by atoms with Crippen molar-refractivity contribution in [1.29, 1.82) is 0 Å². The molecule has 0 unspecified atom stereocenters. The molecule has 4 nitrogen and oxygen atoms in total. The number of ether oxygens (including phenoxy) is 1. The Balaban J connectivity index is 2.09. The van der Waals surface area contributed by atoms with E-state index in [1.165, 1.54) is 12.1 Å². The van der Waals surface area contributed by atoms with Crippen LogP contribution in [0, 0.1) is 12.3 Å². The Labute approximate surface area is 122 Å². The Bertz CT molecular complexity index is 408. The van der Waals surface area contributed by atoms with Crippen LogP contribution >= 0.6 is 0 Å². The van der Waals surface area contributed by atoms with Crippen LogP contribution in [0.15, 0.2) is 6.07 Å². The smallest absolute Gasteiger partial charge is 0.0596 e. The lowest BCUT2D eigenvalue weighted by molar-refractivity contribution is 0.0141. The van der Waals surface area contributed by atoms with Crippen molar-refractivity contribution in [3.8, 4) is 0 Å². The van der Waals surface area contributed by atoms with E-state index in [-0.39, 0.29) is 0 Å². The molecule has 0 amide bonds. The van der Waals surface area contributed by atoms with Crippen LogP contribution in [-0.4, -0.2) is 36.1 Å². The molecule has 1 aliphatic rings. The van der Waals surface area contributed by atoms with Crippen LogP contribution in [0.3, 0.4) is 0 Å². The van der Waals surface area contributed by atoms with Crippen molar-refractivity contribution in [2.75, 3.05) is 26.3 Å². The van der Waals surface area contributed by atoms with Gasteiger partial charge in [0.15, 0.2) is 0 Å². The molecule has 0 atom stereocenters. The summed E-state index contributed by atoms with van der Waals surface area (Å²) >= 11 is 0. The van der Waals surface area contributed by atoms with Crippen molar-refractivity contribution in [1.82, 2.24) is 15.1 Å². The summed E-state index contributed by atoms with van der Waals surface area (Å²) in [5.74, 6) is 0. The van der Waals surface area contributed by atoms with E-state index >= 15 is 0 Å². The van der Waals surface area contributed by atoms with E-state index in [0.717, 1.165) is 57.8 Å². The first-order chi connectivity index (χ1) is 9.69. The standard InChI is InChI=1S/C16H29N3O/c1-4-8-17-13-16(6-9-20-10-7-16)12-15-11-14(3)18-19(15)5-2/h11,17H,4-10,12-13H2,1-3H3. The molecule has 0 spiro atoms. The third kappa shape index (κ3) is 3.83. The van der Waals surface area contributed by atoms with Crippen LogP contribution < -0.4 is 5.32 Å². The predicted octanol–water partition coefficient (Wildman–Crippen LogP) is 2.55. The summed E-state index contributed by atoms with van der Waals surface area (Å²) in [5.41, 5.74) is 2.85. The SMILES string of the molecule is CCCNCC1(Cc2cc(C)nn2CC)CCOCC1. The Morgan fingerprint density at radius 3 is 2.75 bits per heavy atom. The summed E-state index contributed by atoms with van der Waals surface area (Å²) in [6.07, 6.45) is 4.61. The fourth-order valence-corrected chi connectivity index (χ4v) is 3.15. The van der Waals surface area contributed by atoms with Crippen molar-refractivity contribution in [2.24, 2.45) is 5.41 Å². The molecule has 1 aromatic rings. The molecule has 1 aromatic heterocycles. The summed E-state index contributed by atoms with van der Waals surface area (Å²) in [7, 11) is 0. The molecule has 0 aromatic carbocycles. The van der Waals surface area contributed by atoms with E-state index in [2.05, 4.69) is 41.9 Å². The van der Waals surface area contributed by atoms with Gasteiger partial charge in [0.25, 0.3) is 0 Å². The van der Waals surface area contributed by atoms with Gasteiger partial charge in [-0.05, 0) is 57.6 Å². The lowest BCUT2D eigenvalue weighted by Crippen LogP contribution is -2.41. The monoisotopic (exact) mass is 279 g/mol. The molecule has 114 valence electrons. The summed E-state index contributed by atoms with van der Waals surface area (Å²) in [6.45, 7) is 11.4. The van der Waals surface area contributed by atoms with Crippen LogP contribution in [0.25, 0.3) is 0 Å². The number of aryl methyl sites for hydroxylation is 2. The van der Waals surface area contributed by atoms with Crippen molar-refractivity contribution < 1.29 is 4.74 Å². The van der Waals surface area contributed by atoms with Crippen molar-refractivity contribution in [3.63, 3.8) is 0 Å². The highest BCUT2D eigenvalue weighted by Crippen LogP contribution is 2.34. The zero-order valence-electron chi connectivity index (χ0n) is 13.2. The number of aromatic nitrogens is 2. The molecule has 20 heavy (non-hydrogen) atoms. The molecule has 0 bridgehead atoms. The summed E-state index contributed by atoms with van der Waals surface area (Å²) in [4.78, 5) is 0. The van der Waals surface area contributed by atoms with Gasteiger partial charge in [0.1, 0.15) is 0 Å². The Morgan fingerprint density at radius 2 is 2.10 bits per heavy atom. The first-order valence-electron chi connectivity index (χ1n) is 8.01. The van der Waals surface area contributed by atoms with Gasteiger partial charge in [0.05, 0.1) is 5.69 Å². The Kier molecular flexibility index (Phi) is 5.61. The van der Waals surface area contributed by atoms with Gasteiger partial charge >= 0.3 is 0 Å². The van der Waals surface area contributed by atoms with Gasteiger partial charge in [0, 0.05) is 32.0 Å². The topological polar surface area (TPSA) is 39.1 Å². The quantitative estimate of drug-likeness (QED) is 0.780. The highest BCUT2D eigenvalue weighted by molar-refractivity contribution is 5.12. The van der Waals surface area contributed by atoms with Crippen LogP contribution in [0.4, 0.5) is 0 Å². The zero-order valence-corrected chi connectivity index (χ0v) is 13.2. The molecule has 1 fully saturated rings. The van der Waals surface area contributed by atoms with Gasteiger partial charge in [-0.3, -0.25) is 4.68 Å². The predicted molar refractivity (Wildman–Crippen MR) is 82.0 cm³/mol. The van der Waals surface area contributed by atoms with Crippen LogP contribution in [0.1, 0.15) is 44.5 Å². The molecule has 1 N–H and O–H groups in total. The summed E-state index contributed by atoms with van der Waals surface area (Å²) < 4.78 is 7.74. The van der Waals surface area contributed by atoms with Gasteiger partial charge in [0.2, 0.25) is 0 Å². The van der Waals surface area contributed by atoms with Gasteiger partial charge in [-0.15, -0.1) is 0 Å². The first-order valence-corrected chi connectivity index (χ1v) is 8.01. The van der Waals surface area contributed by atoms with Gasteiger partial charge in [-0.1, -0.05) is 6.92 Å². The first kappa shape index (κ1) is 15.5. The van der Waals surface area contributed by atoms with E-state index in [4.69, 9.17) is 4.74 Å². The molecular formula is C16H29N3O. The van der Waals surface area contributed by atoms with Crippen LogP contribution in [0.5, 0.6) is 0 Å². The van der Waals surface area contributed by atoms with Crippen molar-refractivity contribution in [2.45, 2.75) is 53.0 Å². The number of hydrogen-bond acceptors (Lipinski definition) is 3. The minimum Gasteiger partial charge on any atom is -0.381 e. The maximum atomic E-state index is 5.58. The lowest BCUT2D eigenvalue weighted by Gasteiger charge is -2.37. The zero-order chi connectivity index (χ0) is 14.4. The highest BCUT2D eigenvalue weighted by atomic mass is 16.5. The fraction of sp³-hybridized carbons (Fsp3) is 0.812. The molecule has 4 heteroatoms. The van der Waals surface area contributed by atoms with Crippen LogP contribution in [-0.2, 0) is 17.7 Å². The van der Waals surface area contributed by atoms with Crippen molar-refractivity contribution >= 4 is 0 Å². The summed E-state index contributed by atoms with van der Waals surface area (Å²) in [5, 5.41) is 8.21. The Morgan fingerprint density at radius 1 is 1.35 bits per heavy atom. The second-order valence-electron chi connectivity index (χ2n) is 6.06. The van der Waals surface area contributed by atoms with E-state index in [1.54, 1.807) is 0 Å². The maximum Gasteiger partial charge on any atom is 0.0596 e. The minimum atomic E-state index is 0.340. The molecule has 0 saturated carbocycles. The molecule has 1 saturated heterocycles. The second kappa shape index (κ2) is 7.23. The van der Waals surface area contributed by atoms with E-state index in [9.17, 15) is 0 Å². The number of rotatable bonds is 7. The molecular weight excluding hydrogens is 250 g/mol. The highest BCUT2D eigenvalue weighted by Gasteiger charge is 2.33. The van der Waals surface area contributed by atoms with Gasteiger partial charge in [-0.25, -0.2) is 0 Å². The molecule has 0 aliphatic carbocycles. The van der Waals surface area contributed by atoms with Crippen LogP contribution in [0.2, 0.25) is 0 Å². The average Bonchev–Trinajstić information content (AvgIpc) is 2.80. The normalized spacial score (nSPS) is 18.4. The minimum absolute atomic E-state index is 0.340. The summed E-state index contributed by atoms with van der Waals surface area (Å²) in [6, 6.07) is 2.25. The number of nitrogens with one attached hydrogen (secondary N) is 1. The second-order valence-corrected chi connectivity index (χ2v) is 6.06. The molecule has 0 radical (unpaired) electrons. The van der Waals surface area contributed by atoms with E-state index in [0.29, 0.717) is 5.41 Å². The average molecular weight is 279 g/mol. The fourth-order valence-electron chi connectivity index (χ4n) is 3.15. The Hall–Kier alpha value is -0.870. The van der Waals surface area contributed by atoms with Gasteiger partial charge in [-0.2, -0.15) is 5.10 Å². The third-order valence-corrected chi connectivity index (χ3v) is 4.32. The molecule has 2 rings (SSSR count). The van der Waals surface area contributed by atoms with E-state index < -0.39 is 0 Å². The number of nitrogens with zero attached hydrogens (tertiary/aromatic N) is 2. The van der Waals surface area contributed by atoms with Crippen molar-refractivity contribution in [3.05, 3.63) is 17.5 Å². The largest absolute Gasteiger partial charge is 0.381 e. The third-order valence-electron chi connectivity index (χ3n) is 4.32.